The molecule has 0 aliphatic heterocycles. The lowest BCUT2D eigenvalue weighted by atomic mass is 10.1. The Kier molecular flexibility index (Phi) is 8.51. The zero-order valence-electron chi connectivity index (χ0n) is 18.1. The van der Waals surface area contributed by atoms with Gasteiger partial charge in [-0.3, -0.25) is 4.90 Å². The van der Waals surface area contributed by atoms with E-state index in [1.165, 1.54) is 11.1 Å². The molecule has 0 saturated heterocycles. The highest BCUT2D eigenvalue weighted by Crippen LogP contribution is 2.24. The first kappa shape index (κ1) is 22.9. The van der Waals surface area contributed by atoms with E-state index in [4.69, 9.17) is 16.3 Å². The number of rotatable bonds is 9. The molecule has 1 amide bonds. The highest BCUT2D eigenvalue weighted by atomic mass is 35.5. The van der Waals surface area contributed by atoms with E-state index in [2.05, 4.69) is 48.3 Å². The van der Waals surface area contributed by atoms with Gasteiger partial charge in [0.1, 0.15) is 5.75 Å². The second kappa shape index (κ2) is 11.5. The zero-order valence-corrected chi connectivity index (χ0v) is 18.9. The van der Waals surface area contributed by atoms with E-state index >= 15 is 0 Å². The summed E-state index contributed by atoms with van der Waals surface area (Å²) in [5, 5.41) is 3.52. The van der Waals surface area contributed by atoms with Crippen molar-refractivity contribution < 1.29 is 9.53 Å². The van der Waals surface area contributed by atoms with Gasteiger partial charge >= 0.3 is 6.09 Å². The maximum Gasteiger partial charge on any atom is 0.412 e. The van der Waals surface area contributed by atoms with Crippen molar-refractivity contribution in [2.24, 2.45) is 0 Å². The van der Waals surface area contributed by atoms with Crippen LogP contribution in [-0.2, 0) is 13.0 Å². The minimum atomic E-state index is -0.447. The average Bonchev–Trinajstić information content (AvgIpc) is 2.79. The van der Waals surface area contributed by atoms with Crippen molar-refractivity contribution in [2.45, 2.75) is 26.8 Å². The first-order chi connectivity index (χ1) is 15.1. The Morgan fingerprint density at radius 3 is 1.97 bits per heavy atom. The first-order valence-electron chi connectivity index (χ1n) is 10.7. The fourth-order valence-corrected chi connectivity index (χ4v) is 3.45. The molecule has 3 aromatic carbocycles. The summed E-state index contributed by atoms with van der Waals surface area (Å²) in [6.07, 6.45) is 0.313. The average molecular weight is 437 g/mol. The number of hydrogen-bond acceptors (Lipinski definition) is 3. The van der Waals surface area contributed by atoms with Gasteiger partial charge in [-0.1, -0.05) is 74.0 Å². The summed E-state index contributed by atoms with van der Waals surface area (Å²) >= 11 is 5.93. The Morgan fingerprint density at radius 2 is 1.39 bits per heavy atom. The van der Waals surface area contributed by atoms with Crippen LogP contribution < -0.4 is 10.1 Å². The van der Waals surface area contributed by atoms with Crippen molar-refractivity contribution >= 4 is 17.7 Å². The van der Waals surface area contributed by atoms with Crippen LogP contribution in [0.25, 0.3) is 11.1 Å². The van der Waals surface area contributed by atoms with Crippen LogP contribution in [0.3, 0.4) is 0 Å². The third-order valence-corrected chi connectivity index (χ3v) is 5.50. The SMILES string of the molecule is CCN(CC)Cc1ccc(CCNC(=O)Oc2ccc(-c3ccc(Cl)cc3)cc2)cc1. The first-order valence-corrected chi connectivity index (χ1v) is 11.1. The lowest BCUT2D eigenvalue weighted by Gasteiger charge is -2.18. The minimum Gasteiger partial charge on any atom is -0.410 e. The molecule has 0 spiro atoms. The van der Waals surface area contributed by atoms with Crippen molar-refractivity contribution in [1.82, 2.24) is 10.2 Å². The minimum absolute atomic E-state index is 0.447. The molecule has 0 unspecified atom stereocenters. The van der Waals surface area contributed by atoms with Gasteiger partial charge in [-0.05, 0) is 66.0 Å². The van der Waals surface area contributed by atoms with E-state index in [1.54, 1.807) is 12.1 Å². The Labute approximate surface area is 189 Å². The molecule has 0 heterocycles. The van der Waals surface area contributed by atoms with E-state index in [-0.39, 0.29) is 0 Å². The van der Waals surface area contributed by atoms with Gasteiger partial charge in [-0.25, -0.2) is 4.79 Å². The molecular formula is C26H29ClN2O2. The third-order valence-electron chi connectivity index (χ3n) is 5.25. The Hall–Kier alpha value is -2.82. The number of hydrogen-bond donors (Lipinski definition) is 1. The number of halogens is 1. The highest BCUT2D eigenvalue weighted by molar-refractivity contribution is 6.30. The van der Waals surface area contributed by atoms with Crippen LogP contribution in [0.2, 0.25) is 5.02 Å². The molecule has 0 radical (unpaired) electrons. The normalized spacial score (nSPS) is 10.8. The van der Waals surface area contributed by atoms with Crippen LogP contribution in [-0.4, -0.2) is 30.6 Å². The summed E-state index contributed by atoms with van der Waals surface area (Å²) < 4.78 is 5.37. The fraction of sp³-hybridized carbons (Fsp3) is 0.269. The van der Waals surface area contributed by atoms with Crippen LogP contribution in [0.15, 0.2) is 72.8 Å². The zero-order chi connectivity index (χ0) is 22.1. The second-order valence-corrected chi connectivity index (χ2v) is 7.81. The van der Waals surface area contributed by atoms with Crippen molar-refractivity contribution in [3.63, 3.8) is 0 Å². The Bertz CT molecular complexity index is 950. The van der Waals surface area contributed by atoms with Gasteiger partial charge in [0.2, 0.25) is 0 Å². The number of benzene rings is 3. The molecule has 3 rings (SSSR count). The Balaban J connectivity index is 1.43. The van der Waals surface area contributed by atoms with E-state index in [0.717, 1.165) is 37.2 Å². The number of carbonyl (C=O) groups excluding carboxylic acids is 1. The van der Waals surface area contributed by atoms with E-state index in [0.29, 0.717) is 17.3 Å². The van der Waals surface area contributed by atoms with Gasteiger partial charge < -0.3 is 10.1 Å². The maximum atomic E-state index is 12.1. The van der Waals surface area contributed by atoms with E-state index < -0.39 is 6.09 Å². The summed E-state index contributed by atoms with van der Waals surface area (Å²) in [5.41, 5.74) is 4.59. The van der Waals surface area contributed by atoms with Crippen molar-refractivity contribution in [2.75, 3.05) is 19.6 Å². The number of nitrogens with zero attached hydrogens (tertiary/aromatic N) is 1. The molecule has 4 nitrogen and oxygen atoms in total. The van der Waals surface area contributed by atoms with Crippen LogP contribution in [0.4, 0.5) is 4.79 Å². The summed E-state index contributed by atoms with van der Waals surface area (Å²) in [7, 11) is 0. The molecule has 0 bridgehead atoms. The number of ether oxygens (including phenoxy) is 1. The number of amides is 1. The molecule has 1 N–H and O–H groups in total. The fourth-order valence-electron chi connectivity index (χ4n) is 3.33. The topological polar surface area (TPSA) is 41.6 Å². The van der Waals surface area contributed by atoms with Crippen LogP contribution >= 0.6 is 11.6 Å². The molecule has 0 aliphatic carbocycles. The van der Waals surface area contributed by atoms with Gasteiger partial charge in [-0.2, -0.15) is 0 Å². The molecule has 0 saturated carbocycles. The number of carbonyl (C=O) groups is 1. The predicted octanol–water partition coefficient (Wildman–Crippen LogP) is 6.18. The van der Waals surface area contributed by atoms with Gasteiger partial charge in [0.25, 0.3) is 0 Å². The monoisotopic (exact) mass is 436 g/mol. The molecule has 5 heteroatoms. The summed E-state index contributed by atoms with van der Waals surface area (Å²) in [4.78, 5) is 14.5. The molecule has 0 atom stereocenters. The standard InChI is InChI=1S/C26H29ClN2O2/c1-3-29(4-2)19-21-7-5-20(6-8-21)17-18-28-26(30)31-25-15-11-23(12-16-25)22-9-13-24(27)14-10-22/h5-16H,3-4,17-19H2,1-2H3,(H,28,30). The quantitative estimate of drug-likeness (QED) is 0.435. The smallest absolute Gasteiger partial charge is 0.410 e. The molecule has 3 aromatic rings. The molecule has 0 fully saturated rings. The molecule has 0 aromatic heterocycles. The van der Waals surface area contributed by atoms with Gasteiger partial charge in [0.05, 0.1) is 0 Å². The Morgan fingerprint density at radius 1 is 0.839 bits per heavy atom. The van der Waals surface area contributed by atoms with Gasteiger partial charge in [0, 0.05) is 18.1 Å². The molecule has 162 valence electrons. The maximum absolute atomic E-state index is 12.1. The summed E-state index contributed by atoms with van der Waals surface area (Å²) in [6, 6.07) is 23.6. The van der Waals surface area contributed by atoms with E-state index in [9.17, 15) is 4.79 Å². The molecular weight excluding hydrogens is 408 g/mol. The highest BCUT2D eigenvalue weighted by Gasteiger charge is 2.06. The van der Waals surface area contributed by atoms with Crippen LogP contribution in [0, 0.1) is 0 Å². The van der Waals surface area contributed by atoms with Crippen molar-refractivity contribution in [1.29, 1.82) is 0 Å². The van der Waals surface area contributed by atoms with E-state index in [1.807, 2.05) is 36.4 Å². The number of nitrogens with one attached hydrogen (secondary N) is 1. The largest absolute Gasteiger partial charge is 0.412 e. The van der Waals surface area contributed by atoms with Gasteiger partial charge in [0.15, 0.2) is 0 Å². The van der Waals surface area contributed by atoms with Crippen LogP contribution in [0.5, 0.6) is 5.75 Å². The second-order valence-electron chi connectivity index (χ2n) is 7.38. The third kappa shape index (κ3) is 7.12. The lowest BCUT2D eigenvalue weighted by Crippen LogP contribution is -2.28. The molecule has 31 heavy (non-hydrogen) atoms. The summed E-state index contributed by atoms with van der Waals surface area (Å²) in [5.74, 6) is 0.510. The predicted molar refractivity (Wildman–Crippen MR) is 128 cm³/mol. The van der Waals surface area contributed by atoms with Gasteiger partial charge in [-0.15, -0.1) is 0 Å². The van der Waals surface area contributed by atoms with Crippen LogP contribution in [0.1, 0.15) is 25.0 Å². The van der Waals surface area contributed by atoms with Crippen molar-refractivity contribution in [3.05, 3.63) is 88.9 Å². The van der Waals surface area contributed by atoms with Crippen molar-refractivity contribution in [3.8, 4) is 16.9 Å². The lowest BCUT2D eigenvalue weighted by molar-refractivity contribution is 0.200. The summed E-state index contributed by atoms with van der Waals surface area (Å²) in [6.45, 7) is 7.95. The molecule has 0 aliphatic rings.